The number of hydrogen-bond donors (Lipinski definition) is 1. The summed E-state index contributed by atoms with van der Waals surface area (Å²) >= 11 is 4.08. The van der Waals surface area contributed by atoms with Gasteiger partial charge in [0.1, 0.15) is 10.7 Å². The van der Waals surface area contributed by atoms with E-state index in [0.29, 0.717) is 9.85 Å². The molecule has 0 spiro atoms. The largest absolute Gasteiger partial charge is 0.271 e. The number of thiazole rings is 1. The van der Waals surface area contributed by atoms with Gasteiger partial charge < -0.3 is 0 Å². The summed E-state index contributed by atoms with van der Waals surface area (Å²) in [5.74, 6) is -1.08. The standard InChI is InChI=1S/C9H5BrFN3O4S2/c10-8-4-12-9(19-8)13-20(17,18)7-3-5(14(15)16)1-2-6(7)11/h1-4H,(H,12,13). The van der Waals surface area contributed by atoms with Crippen molar-refractivity contribution in [3.63, 3.8) is 0 Å². The number of anilines is 1. The summed E-state index contributed by atoms with van der Waals surface area (Å²) in [4.78, 5) is 12.7. The first-order chi connectivity index (χ1) is 9.29. The molecule has 1 aromatic carbocycles. The number of nitro groups is 1. The predicted octanol–water partition coefficient (Wildman–Crippen LogP) is 2.75. The monoisotopic (exact) mass is 381 g/mol. The molecule has 0 saturated carbocycles. The fraction of sp³-hybridized carbons (Fsp3) is 0. The van der Waals surface area contributed by atoms with E-state index in [-0.39, 0.29) is 5.13 Å². The van der Waals surface area contributed by atoms with Crippen LogP contribution in [0.1, 0.15) is 0 Å². The average Bonchev–Trinajstić information content (AvgIpc) is 2.73. The van der Waals surface area contributed by atoms with Crippen LogP contribution >= 0.6 is 27.3 Å². The number of nitro benzene ring substituents is 1. The number of sulfonamides is 1. The number of non-ortho nitro benzene ring substituents is 1. The van der Waals surface area contributed by atoms with Gasteiger partial charge in [-0.25, -0.2) is 17.8 Å². The Labute approximate surface area is 124 Å². The van der Waals surface area contributed by atoms with Gasteiger partial charge in [-0.05, 0) is 22.0 Å². The van der Waals surface area contributed by atoms with E-state index in [1.807, 2.05) is 4.72 Å². The van der Waals surface area contributed by atoms with Gasteiger partial charge in [0.15, 0.2) is 5.13 Å². The van der Waals surface area contributed by atoms with Crippen LogP contribution in [-0.2, 0) is 10.0 Å². The van der Waals surface area contributed by atoms with Gasteiger partial charge in [0.25, 0.3) is 15.7 Å². The Morgan fingerprint density at radius 2 is 2.15 bits per heavy atom. The van der Waals surface area contributed by atoms with Crippen LogP contribution < -0.4 is 4.72 Å². The van der Waals surface area contributed by atoms with Gasteiger partial charge in [-0.2, -0.15) is 0 Å². The fourth-order valence-electron chi connectivity index (χ4n) is 1.28. The lowest BCUT2D eigenvalue weighted by atomic mass is 10.3. The zero-order valence-electron chi connectivity index (χ0n) is 9.41. The first kappa shape index (κ1) is 14.8. The van der Waals surface area contributed by atoms with Crippen molar-refractivity contribution in [2.24, 2.45) is 0 Å². The lowest BCUT2D eigenvalue weighted by molar-refractivity contribution is -0.385. The number of aromatic nitrogens is 1. The molecule has 0 radical (unpaired) electrons. The lowest BCUT2D eigenvalue weighted by Gasteiger charge is -2.05. The van der Waals surface area contributed by atoms with Crippen molar-refractivity contribution in [1.29, 1.82) is 0 Å². The van der Waals surface area contributed by atoms with E-state index in [2.05, 4.69) is 20.9 Å². The van der Waals surface area contributed by atoms with Crippen LogP contribution in [0, 0.1) is 15.9 Å². The molecule has 0 bridgehead atoms. The Hall–Kier alpha value is -1.59. The van der Waals surface area contributed by atoms with E-state index >= 15 is 0 Å². The summed E-state index contributed by atoms with van der Waals surface area (Å²) in [5.41, 5.74) is -0.521. The number of nitrogens with one attached hydrogen (secondary N) is 1. The Bertz CT molecular complexity index is 777. The van der Waals surface area contributed by atoms with Crippen LogP contribution in [0.2, 0.25) is 0 Å². The van der Waals surface area contributed by atoms with E-state index < -0.39 is 31.3 Å². The van der Waals surface area contributed by atoms with Gasteiger partial charge >= 0.3 is 0 Å². The second kappa shape index (κ2) is 5.42. The van der Waals surface area contributed by atoms with Gasteiger partial charge in [-0.3, -0.25) is 14.8 Å². The van der Waals surface area contributed by atoms with Crippen LogP contribution in [0.3, 0.4) is 0 Å². The van der Waals surface area contributed by atoms with E-state index in [1.54, 1.807) is 0 Å². The lowest BCUT2D eigenvalue weighted by Crippen LogP contribution is -2.14. The molecule has 0 amide bonds. The van der Waals surface area contributed by atoms with Crippen molar-refractivity contribution in [2.75, 3.05) is 4.72 Å². The van der Waals surface area contributed by atoms with Gasteiger partial charge in [0, 0.05) is 12.1 Å². The van der Waals surface area contributed by atoms with Gasteiger partial charge in [-0.1, -0.05) is 11.3 Å². The SMILES string of the molecule is O=[N+]([O-])c1ccc(F)c(S(=O)(=O)Nc2ncc(Br)s2)c1. The number of benzene rings is 1. The topological polar surface area (TPSA) is 102 Å². The van der Waals surface area contributed by atoms with Crippen molar-refractivity contribution in [3.05, 3.63) is 44.1 Å². The molecule has 1 heterocycles. The molecule has 11 heteroatoms. The fourth-order valence-corrected chi connectivity index (χ4v) is 3.73. The summed E-state index contributed by atoms with van der Waals surface area (Å²) in [5, 5.41) is 10.6. The van der Waals surface area contributed by atoms with Crippen molar-refractivity contribution in [3.8, 4) is 0 Å². The predicted molar refractivity (Wildman–Crippen MR) is 73.7 cm³/mol. The van der Waals surface area contributed by atoms with E-state index in [4.69, 9.17) is 0 Å². The molecule has 20 heavy (non-hydrogen) atoms. The summed E-state index contributed by atoms with van der Waals surface area (Å²) in [6.07, 6.45) is 1.37. The van der Waals surface area contributed by atoms with Crippen LogP contribution in [0.4, 0.5) is 15.2 Å². The zero-order chi connectivity index (χ0) is 14.9. The minimum Gasteiger partial charge on any atom is -0.258 e. The van der Waals surface area contributed by atoms with Crippen molar-refractivity contribution >= 4 is 48.1 Å². The molecule has 0 aliphatic rings. The summed E-state index contributed by atoms with van der Waals surface area (Å²) in [6.45, 7) is 0. The average molecular weight is 382 g/mol. The molecule has 0 saturated heterocycles. The molecule has 7 nitrogen and oxygen atoms in total. The molecular weight excluding hydrogens is 377 g/mol. The Balaban J connectivity index is 2.43. The number of nitrogens with zero attached hydrogens (tertiary/aromatic N) is 2. The second-order valence-corrected chi connectivity index (χ2v) is 7.51. The highest BCUT2D eigenvalue weighted by atomic mass is 79.9. The zero-order valence-corrected chi connectivity index (χ0v) is 12.6. The van der Waals surface area contributed by atoms with Crippen LogP contribution in [0.5, 0.6) is 0 Å². The molecular formula is C9H5BrFN3O4S2. The second-order valence-electron chi connectivity index (χ2n) is 3.45. The quantitative estimate of drug-likeness (QED) is 0.647. The van der Waals surface area contributed by atoms with Crippen LogP contribution in [-0.4, -0.2) is 18.3 Å². The molecule has 106 valence electrons. The minimum atomic E-state index is -4.29. The molecule has 0 aliphatic carbocycles. The van der Waals surface area contributed by atoms with Gasteiger partial charge in [0.05, 0.1) is 14.9 Å². The number of halogens is 2. The Morgan fingerprint density at radius 1 is 1.45 bits per heavy atom. The molecule has 0 aliphatic heterocycles. The Morgan fingerprint density at radius 3 is 2.70 bits per heavy atom. The molecule has 2 rings (SSSR count). The smallest absolute Gasteiger partial charge is 0.258 e. The Kier molecular flexibility index (Phi) is 4.01. The first-order valence-corrected chi connectivity index (χ1v) is 7.97. The first-order valence-electron chi connectivity index (χ1n) is 4.88. The maximum atomic E-state index is 13.6. The summed E-state index contributed by atoms with van der Waals surface area (Å²) < 4.78 is 40.2. The molecule has 0 atom stereocenters. The third-order valence-corrected chi connectivity index (χ3v) is 4.99. The summed E-state index contributed by atoms with van der Waals surface area (Å²) in [7, 11) is -4.29. The minimum absolute atomic E-state index is 0.0165. The maximum absolute atomic E-state index is 13.6. The maximum Gasteiger partial charge on any atom is 0.271 e. The van der Waals surface area contributed by atoms with E-state index in [1.165, 1.54) is 6.20 Å². The third kappa shape index (κ3) is 3.11. The van der Waals surface area contributed by atoms with Crippen molar-refractivity contribution < 1.29 is 17.7 Å². The van der Waals surface area contributed by atoms with E-state index in [0.717, 1.165) is 23.5 Å². The highest BCUT2D eigenvalue weighted by Crippen LogP contribution is 2.27. The summed E-state index contributed by atoms with van der Waals surface area (Å²) in [6, 6.07) is 2.26. The number of hydrogen-bond acceptors (Lipinski definition) is 6. The third-order valence-electron chi connectivity index (χ3n) is 2.11. The van der Waals surface area contributed by atoms with E-state index in [9.17, 15) is 22.9 Å². The van der Waals surface area contributed by atoms with Crippen molar-refractivity contribution in [1.82, 2.24) is 4.98 Å². The van der Waals surface area contributed by atoms with Crippen LogP contribution in [0.15, 0.2) is 33.1 Å². The van der Waals surface area contributed by atoms with Crippen molar-refractivity contribution in [2.45, 2.75) is 4.90 Å². The normalized spacial score (nSPS) is 11.3. The molecule has 0 unspecified atom stereocenters. The highest BCUT2D eigenvalue weighted by Gasteiger charge is 2.23. The molecule has 0 fully saturated rings. The highest BCUT2D eigenvalue weighted by molar-refractivity contribution is 9.11. The van der Waals surface area contributed by atoms with Gasteiger partial charge in [-0.15, -0.1) is 0 Å². The van der Waals surface area contributed by atoms with Crippen LogP contribution in [0.25, 0.3) is 0 Å². The number of rotatable bonds is 4. The van der Waals surface area contributed by atoms with Gasteiger partial charge in [0.2, 0.25) is 0 Å². The molecule has 2 aromatic rings. The molecule has 1 aromatic heterocycles. The molecule has 1 N–H and O–H groups in total.